The van der Waals surface area contributed by atoms with E-state index in [1.165, 1.54) is 39.0 Å². The summed E-state index contributed by atoms with van der Waals surface area (Å²) < 4.78 is 0. The lowest BCUT2D eigenvalue weighted by Crippen LogP contribution is -2.61. The Kier molecular flexibility index (Phi) is 34.3. The topological polar surface area (TPSA) is 561 Å². The number of rotatable bonds is 42. The van der Waals surface area contributed by atoms with Gasteiger partial charge in [-0.15, -0.1) is 0 Å². The van der Waals surface area contributed by atoms with Crippen molar-refractivity contribution in [2.45, 2.75) is 189 Å². The maximum absolute atomic E-state index is 14.4. The number of aliphatic imine (C=N–C) groups is 2. The van der Waals surface area contributed by atoms with E-state index >= 15 is 0 Å². The number of unbranched alkanes of at least 4 members (excludes halogenated alkanes) is 1. The van der Waals surface area contributed by atoms with E-state index in [1.54, 1.807) is 44.2 Å². The van der Waals surface area contributed by atoms with Gasteiger partial charge in [0.15, 0.2) is 11.9 Å². The summed E-state index contributed by atoms with van der Waals surface area (Å²) in [5, 5.41) is 41.7. The van der Waals surface area contributed by atoms with Gasteiger partial charge in [0.05, 0.1) is 25.5 Å². The summed E-state index contributed by atoms with van der Waals surface area (Å²) in [4.78, 5) is 186. The van der Waals surface area contributed by atoms with Crippen molar-refractivity contribution >= 4 is 94.6 Å². The van der Waals surface area contributed by atoms with Crippen LogP contribution in [0.1, 0.15) is 121 Å². The van der Waals surface area contributed by atoms with Gasteiger partial charge in [-0.2, -0.15) is 11.8 Å². The van der Waals surface area contributed by atoms with E-state index in [1.807, 2.05) is 6.26 Å². The number of aliphatic carboxylic acids is 1. The van der Waals surface area contributed by atoms with Gasteiger partial charge in [0, 0.05) is 57.5 Å². The minimum atomic E-state index is -1.73. The van der Waals surface area contributed by atoms with E-state index in [9.17, 15) is 67.7 Å². The Morgan fingerprint density at radius 2 is 1.10 bits per heavy atom. The number of benzene rings is 1. The van der Waals surface area contributed by atoms with Gasteiger partial charge in [-0.1, -0.05) is 44.2 Å². The number of carbonyl (C=O) groups is 12. The highest BCUT2D eigenvalue weighted by Gasteiger charge is 2.43. The van der Waals surface area contributed by atoms with E-state index < -0.39 is 151 Å². The molecule has 3 saturated heterocycles. The first-order valence-electron chi connectivity index (χ1n) is 34.0. The van der Waals surface area contributed by atoms with Gasteiger partial charge < -0.3 is 107 Å². The van der Waals surface area contributed by atoms with Crippen LogP contribution in [0.5, 0.6) is 0 Å². The number of likely N-dealkylation sites (tertiary alicyclic amines) is 3. The maximum Gasteiger partial charge on any atom is 0.326 e. The number of hydrogen-bond donors (Lipinski definition) is 17. The molecule has 554 valence electrons. The monoisotopic (exact) mass is 1420 g/mol. The molecule has 2 aromatic rings. The lowest BCUT2D eigenvalue weighted by molar-refractivity contribution is -0.145. The van der Waals surface area contributed by atoms with Gasteiger partial charge in [-0.25, -0.2) is 9.78 Å². The number of nitrogens with one attached hydrogen (secondary N) is 9. The average molecular weight is 1420 g/mol. The number of thioether (sulfide) groups is 1. The maximum atomic E-state index is 14.4. The predicted molar refractivity (Wildman–Crippen MR) is 371 cm³/mol. The number of aliphatic hydroxyl groups excluding tert-OH is 1. The lowest BCUT2D eigenvalue weighted by Gasteiger charge is -2.31. The van der Waals surface area contributed by atoms with Crippen molar-refractivity contribution in [3.8, 4) is 0 Å². The number of carboxylic acids is 1. The fourth-order valence-electron chi connectivity index (χ4n) is 12.1. The van der Waals surface area contributed by atoms with E-state index in [0.717, 1.165) is 0 Å². The van der Waals surface area contributed by atoms with Crippen molar-refractivity contribution in [3.05, 3.63) is 54.1 Å². The number of nitrogens with two attached hydrogens (primary N) is 6. The van der Waals surface area contributed by atoms with Gasteiger partial charge in [-0.05, 0) is 126 Å². The molecule has 0 saturated carbocycles. The summed E-state index contributed by atoms with van der Waals surface area (Å²) in [5.41, 5.74) is 35.0. The van der Waals surface area contributed by atoms with Gasteiger partial charge in [0.2, 0.25) is 65.0 Å². The van der Waals surface area contributed by atoms with Crippen LogP contribution in [0, 0.1) is 5.92 Å². The van der Waals surface area contributed by atoms with Crippen LogP contribution in [0.3, 0.4) is 0 Å². The summed E-state index contributed by atoms with van der Waals surface area (Å²) in [6.07, 6.45) is 8.11. The molecule has 0 aliphatic carbocycles. The Labute approximate surface area is 585 Å². The number of carbonyl (C=O) groups excluding carboxylic acids is 11. The molecule has 0 radical (unpaired) electrons. The van der Waals surface area contributed by atoms with Crippen molar-refractivity contribution in [3.63, 3.8) is 0 Å². The highest BCUT2D eigenvalue weighted by Crippen LogP contribution is 2.24. The zero-order valence-corrected chi connectivity index (χ0v) is 58.0. The summed E-state index contributed by atoms with van der Waals surface area (Å²) in [6.45, 7) is 3.00. The van der Waals surface area contributed by atoms with Crippen LogP contribution >= 0.6 is 11.8 Å². The number of amides is 11. The number of aromatic amines is 1. The van der Waals surface area contributed by atoms with Crippen LogP contribution in [0.2, 0.25) is 0 Å². The molecule has 100 heavy (non-hydrogen) atoms. The molecule has 11 atom stereocenters. The first kappa shape index (κ1) is 81.5. The number of hydrogen-bond acceptors (Lipinski definition) is 19. The van der Waals surface area contributed by atoms with Crippen LogP contribution in [0.4, 0.5) is 0 Å². The molecule has 36 heteroatoms. The minimum absolute atomic E-state index is 0.00231. The molecule has 3 aliphatic rings. The third kappa shape index (κ3) is 26.2. The third-order valence-electron chi connectivity index (χ3n) is 17.3. The fraction of sp³-hybridized carbons (Fsp3) is 0.641. The molecule has 4 heterocycles. The van der Waals surface area contributed by atoms with Crippen LogP contribution < -0.4 is 76.9 Å². The number of imidazole rings is 1. The Hall–Kier alpha value is -9.16. The number of aromatic nitrogens is 2. The van der Waals surface area contributed by atoms with Gasteiger partial charge in [0.25, 0.3) is 0 Å². The smallest absolute Gasteiger partial charge is 0.326 e. The largest absolute Gasteiger partial charge is 0.480 e. The Morgan fingerprint density at radius 3 is 1.66 bits per heavy atom. The van der Waals surface area contributed by atoms with Crippen LogP contribution in [-0.2, 0) is 70.4 Å². The van der Waals surface area contributed by atoms with Gasteiger partial charge in [-0.3, -0.25) is 62.7 Å². The Morgan fingerprint density at radius 1 is 0.600 bits per heavy atom. The second kappa shape index (κ2) is 42.1. The fourth-order valence-corrected chi connectivity index (χ4v) is 12.6. The second-order valence-electron chi connectivity index (χ2n) is 25.5. The van der Waals surface area contributed by atoms with E-state index in [4.69, 9.17) is 34.4 Å². The predicted octanol–water partition coefficient (Wildman–Crippen LogP) is -4.88. The van der Waals surface area contributed by atoms with Crippen molar-refractivity contribution in [1.82, 2.24) is 67.2 Å². The molecule has 1 aromatic heterocycles. The lowest BCUT2D eigenvalue weighted by atomic mass is 10.0. The number of aliphatic hydroxyl groups is 1. The Balaban J connectivity index is 1.24. The molecule has 23 N–H and O–H groups in total. The van der Waals surface area contributed by atoms with Crippen molar-refractivity contribution < 1.29 is 67.7 Å². The molecule has 0 bridgehead atoms. The van der Waals surface area contributed by atoms with Crippen LogP contribution in [-0.4, -0.2) is 249 Å². The van der Waals surface area contributed by atoms with Crippen molar-refractivity contribution in [1.29, 1.82) is 0 Å². The number of guanidine groups is 2. The first-order valence-corrected chi connectivity index (χ1v) is 35.4. The summed E-state index contributed by atoms with van der Waals surface area (Å²) in [5.74, 6) is -9.42. The van der Waals surface area contributed by atoms with Crippen molar-refractivity contribution in [2.24, 2.45) is 50.3 Å². The number of nitrogens with zero attached hydrogens (tertiary/aromatic N) is 6. The highest BCUT2D eigenvalue weighted by atomic mass is 32.2. The summed E-state index contributed by atoms with van der Waals surface area (Å²) in [6, 6.07) is -4.81. The van der Waals surface area contributed by atoms with Gasteiger partial charge >= 0.3 is 5.97 Å². The zero-order chi connectivity index (χ0) is 73.4. The average Bonchev–Trinajstić information content (AvgIpc) is 1.65. The molecular formula is C64H103N21O14S. The van der Waals surface area contributed by atoms with Crippen LogP contribution in [0.25, 0.3) is 0 Å². The SMILES string of the molecule is CSCCC(NC(=O)C1CCCN1C(=O)CNC(=O)C(CCCCN)NC(=O)C(Cc1cnc[nH]1)NC(=O)C(CO)NC(=O)C(CC(C)C)NC(=O)C(CCCN=C(N)N)NC(=O)C1CCCN1C(=O)C(N)CCCN=C(N)N)C(=O)N1CCCC1C(=O)NC(Cc1ccccc1)C(=O)O. The molecular weight excluding hydrogens is 1320 g/mol. The molecule has 0 spiro atoms. The summed E-state index contributed by atoms with van der Waals surface area (Å²) >= 11 is 1.43. The van der Waals surface area contributed by atoms with E-state index in [0.29, 0.717) is 55.5 Å². The van der Waals surface area contributed by atoms with Crippen molar-refractivity contribution in [2.75, 3.05) is 64.4 Å². The minimum Gasteiger partial charge on any atom is -0.480 e. The molecule has 35 nitrogen and oxygen atoms in total. The van der Waals surface area contributed by atoms with Gasteiger partial charge in [0.1, 0.15) is 60.4 Å². The Bertz CT molecular complexity index is 3120. The van der Waals surface area contributed by atoms with E-state index in [2.05, 4.69) is 62.5 Å². The number of H-pyrrole nitrogens is 1. The molecule has 11 unspecified atom stereocenters. The van der Waals surface area contributed by atoms with E-state index in [-0.39, 0.29) is 128 Å². The zero-order valence-electron chi connectivity index (χ0n) is 57.2. The standard InChI is InChI=1S/C64H103N21O14S/c1-37(2)30-44(79-53(89)42(18-10-25-73-64(69)70)77-58(94)49-20-12-27-84(49)60(96)40(66)16-9-24-72-63(67)68)54(90)82-47(35-86)56(92)80-45(32-39-33-71-36-75-39)55(91)76-41(17-7-8-23-65)52(88)74-34-51(87)83-26-11-19-48(83)57(93)78-43(22-29-100-3)61(97)85-28-13-21-50(85)59(95)81-46(62(98)99)31-38-14-5-4-6-15-38/h4-6,14-15,33,36-37,40-50,86H,7-13,16-32,34-35,65-66H2,1-3H3,(H,71,75)(H,74,88)(H,76,91)(H,77,94)(H,78,93)(H,79,89)(H,80,92)(H,81,95)(H,82,90)(H,98,99)(H4,67,68,72)(H4,69,70,73). The molecule has 1 aromatic carbocycles. The highest BCUT2D eigenvalue weighted by molar-refractivity contribution is 7.98. The second-order valence-corrected chi connectivity index (χ2v) is 26.4. The first-order chi connectivity index (χ1) is 47.8. The quantitative estimate of drug-likeness (QED) is 0.0168. The molecule has 3 fully saturated rings. The van der Waals surface area contributed by atoms with Crippen LogP contribution in [0.15, 0.2) is 52.8 Å². The molecule has 3 aliphatic heterocycles. The molecule has 11 amide bonds. The summed E-state index contributed by atoms with van der Waals surface area (Å²) in [7, 11) is 0. The normalized spacial score (nSPS) is 18.1. The third-order valence-corrected chi connectivity index (χ3v) is 17.9. The number of carboxylic acid groups (broad SMARTS) is 1. The molecule has 5 rings (SSSR count).